The first-order chi connectivity index (χ1) is 7.78. The highest BCUT2D eigenvalue weighted by Crippen LogP contribution is 1.99. The second-order valence-corrected chi connectivity index (χ2v) is 4.54. The highest BCUT2D eigenvalue weighted by molar-refractivity contribution is 5.86. The topological polar surface area (TPSA) is 52.6 Å². The van der Waals surface area contributed by atoms with Crippen LogP contribution in [0.15, 0.2) is 12.2 Å². The van der Waals surface area contributed by atoms with Crippen molar-refractivity contribution in [3.05, 3.63) is 12.2 Å². The van der Waals surface area contributed by atoms with Gasteiger partial charge in [0.2, 0.25) is 0 Å². The first-order valence-corrected chi connectivity index (χ1v) is 5.58. The molecule has 0 heterocycles. The van der Waals surface area contributed by atoms with Gasteiger partial charge in [-0.05, 0) is 13.8 Å². The van der Waals surface area contributed by atoms with Gasteiger partial charge in [0, 0.05) is 5.57 Å². The molecule has 0 atom stereocenters. The maximum absolute atomic E-state index is 11.3. The maximum Gasteiger partial charge on any atom is 0.361 e. The number of likely N-dealkylation sites (N-methyl/N-ethyl adjacent to an activating group) is 1. The summed E-state index contributed by atoms with van der Waals surface area (Å²) in [5.41, 5.74) is 0.376. The minimum atomic E-state index is -0.402. The molecule has 0 aliphatic carbocycles. The van der Waals surface area contributed by atoms with Gasteiger partial charge in [-0.2, -0.15) is 0 Å². The fourth-order valence-electron chi connectivity index (χ4n) is 1.14. The summed E-state index contributed by atoms with van der Waals surface area (Å²) in [6.45, 7) is 8.31. The summed E-state index contributed by atoms with van der Waals surface area (Å²) in [7, 11) is 3.76. The van der Waals surface area contributed by atoms with Crippen molar-refractivity contribution in [3.63, 3.8) is 0 Å². The van der Waals surface area contributed by atoms with Crippen molar-refractivity contribution >= 4 is 11.9 Å². The third-order valence-corrected chi connectivity index (χ3v) is 2.14. The lowest BCUT2D eigenvalue weighted by Crippen LogP contribution is -2.46. The molecular formula is C12H22NO4+. The predicted octanol–water partition coefficient (Wildman–Crippen LogP) is 0.745. The molecule has 0 saturated carbocycles. The Balaban J connectivity index is 3.97. The van der Waals surface area contributed by atoms with Gasteiger partial charge in [-0.25, -0.2) is 9.59 Å². The van der Waals surface area contributed by atoms with E-state index in [1.807, 2.05) is 14.1 Å². The molecule has 0 aliphatic heterocycles. The van der Waals surface area contributed by atoms with Gasteiger partial charge in [0.05, 0.1) is 20.7 Å². The number of quaternary nitrogens is 1. The van der Waals surface area contributed by atoms with E-state index in [2.05, 4.69) is 6.58 Å². The Morgan fingerprint density at radius 2 is 1.82 bits per heavy atom. The van der Waals surface area contributed by atoms with Crippen molar-refractivity contribution in [2.24, 2.45) is 0 Å². The number of carbonyl (C=O) groups is 2. The lowest BCUT2D eigenvalue weighted by molar-refractivity contribution is -0.883. The SMILES string of the molecule is C=C(C)C(=O)OCC[N+](C)(C)CC(=O)OCC. The summed E-state index contributed by atoms with van der Waals surface area (Å²) in [6.07, 6.45) is 0. The number of rotatable bonds is 7. The molecular weight excluding hydrogens is 222 g/mol. The zero-order valence-corrected chi connectivity index (χ0v) is 11.1. The second kappa shape index (κ2) is 7.06. The Kier molecular flexibility index (Phi) is 6.50. The number of hydrogen-bond acceptors (Lipinski definition) is 4. The van der Waals surface area contributed by atoms with E-state index in [4.69, 9.17) is 9.47 Å². The van der Waals surface area contributed by atoms with E-state index in [1.165, 1.54) is 0 Å². The Bertz CT molecular complexity index is 297. The van der Waals surface area contributed by atoms with Gasteiger partial charge < -0.3 is 14.0 Å². The van der Waals surface area contributed by atoms with Crippen molar-refractivity contribution in [1.29, 1.82) is 0 Å². The molecule has 0 aliphatic rings. The monoisotopic (exact) mass is 244 g/mol. The molecule has 0 N–H and O–H groups in total. The molecule has 0 aromatic carbocycles. The zero-order chi connectivity index (χ0) is 13.5. The smallest absolute Gasteiger partial charge is 0.361 e. The van der Waals surface area contributed by atoms with E-state index in [-0.39, 0.29) is 19.1 Å². The Hall–Kier alpha value is -1.36. The van der Waals surface area contributed by atoms with E-state index >= 15 is 0 Å². The van der Waals surface area contributed by atoms with Crippen LogP contribution in [0.5, 0.6) is 0 Å². The Morgan fingerprint density at radius 3 is 2.29 bits per heavy atom. The van der Waals surface area contributed by atoms with Crippen molar-refractivity contribution in [1.82, 2.24) is 0 Å². The molecule has 5 nitrogen and oxygen atoms in total. The molecule has 5 heteroatoms. The summed E-state index contributed by atoms with van der Waals surface area (Å²) < 4.78 is 10.3. The van der Waals surface area contributed by atoms with Gasteiger partial charge >= 0.3 is 11.9 Å². The second-order valence-electron chi connectivity index (χ2n) is 4.54. The number of ether oxygens (including phenoxy) is 2. The fourth-order valence-corrected chi connectivity index (χ4v) is 1.14. The number of carbonyl (C=O) groups excluding carboxylic acids is 2. The molecule has 0 fully saturated rings. The lowest BCUT2D eigenvalue weighted by atomic mass is 10.4. The largest absolute Gasteiger partial charge is 0.462 e. The third kappa shape index (κ3) is 7.52. The van der Waals surface area contributed by atoms with Crippen LogP contribution >= 0.6 is 0 Å². The summed E-state index contributed by atoms with van der Waals surface area (Å²) in [5.74, 6) is -0.648. The van der Waals surface area contributed by atoms with E-state index in [0.717, 1.165) is 0 Å². The van der Waals surface area contributed by atoms with Crippen LogP contribution in [0.2, 0.25) is 0 Å². The Labute approximate surface area is 103 Å². The fraction of sp³-hybridized carbons (Fsp3) is 0.667. The van der Waals surface area contributed by atoms with E-state index in [0.29, 0.717) is 23.2 Å². The molecule has 0 rings (SSSR count). The van der Waals surface area contributed by atoms with Crippen LogP contribution in [-0.4, -0.2) is 56.8 Å². The van der Waals surface area contributed by atoms with E-state index in [9.17, 15) is 9.59 Å². The molecule has 0 saturated heterocycles. The van der Waals surface area contributed by atoms with E-state index in [1.54, 1.807) is 13.8 Å². The minimum absolute atomic E-state index is 0.247. The van der Waals surface area contributed by atoms with Gasteiger partial charge in [0.25, 0.3) is 0 Å². The third-order valence-electron chi connectivity index (χ3n) is 2.14. The Morgan fingerprint density at radius 1 is 1.24 bits per heavy atom. The zero-order valence-electron chi connectivity index (χ0n) is 11.1. The molecule has 0 amide bonds. The number of hydrogen-bond donors (Lipinski definition) is 0. The summed E-state index contributed by atoms with van der Waals surface area (Å²) in [4.78, 5) is 22.4. The first kappa shape index (κ1) is 15.6. The molecule has 0 spiro atoms. The number of nitrogens with zero attached hydrogens (tertiary/aromatic N) is 1. The van der Waals surface area contributed by atoms with Crippen LogP contribution in [0.4, 0.5) is 0 Å². The maximum atomic E-state index is 11.3. The van der Waals surface area contributed by atoms with Crippen LogP contribution in [0.25, 0.3) is 0 Å². The van der Waals surface area contributed by atoms with Crippen molar-refractivity contribution in [2.75, 3.05) is 40.4 Å². The average Bonchev–Trinajstić information content (AvgIpc) is 2.16. The quantitative estimate of drug-likeness (QED) is 0.377. The molecule has 0 aromatic rings. The minimum Gasteiger partial charge on any atom is -0.462 e. The average molecular weight is 244 g/mol. The summed E-state index contributed by atoms with van der Waals surface area (Å²) in [6, 6.07) is 0. The standard InChI is InChI=1S/C12H22NO4/c1-6-16-11(14)9-13(4,5)7-8-17-12(15)10(2)3/h2,6-9H2,1,3-5H3/q+1. The highest BCUT2D eigenvalue weighted by atomic mass is 16.5. The number of esters is 2. The predicted molar refractivity (Wildman–Crippen MR) is 64.2 cm³/mol. The highest BCUT2D eigenvalue weighted by Gasteiger charge is 2.21. The van der Waals surface area contributed by atoms with Gasteiger partial charge in [-0.3, -0.25) is 0 Å². The van der Waals surface area contributed by atoms with Crippen molar-refractivity contribution in [2.45, 2.75) is 13.8 Å². The van der Waals surface area contributed by atoms with Crippen LogP contribution in [0.1, 0.15) is 13.8 Å². The molecule has 98 valence electrons. The van der Waals surface area contributed by atoms with Crippen LogP contribution in [-0.2, 0) is 19.1 Å². The van der Waals surface area contributed by atoms with Crippen molar-refractivity contribution < 1.29 is 23.5 Å². The van der Waals surface area contributed by atoms with Crippen LogP contribution < -0.4 is 0 Å². The van der Waals surface area contributed by atoms with Crippen LogP contribution in [0.3, 0.4) is 0 Å². The summed E-state index contributed by atoms with van der Waals surface area (Å²) in [5, 5.41) is 0. The first-order valence-electron chi connectivity index (χ1n) is 5.58. The normalized spacial score (nSPS) is 10.8. The molecule has 17 heavy (non-hydrogen) atoms. The lowest BCUT2D eigenvalue weighted by Gasteiger charge is -2.28. The van der Waals surface area contributed by atoms with Gasteiger partial charge in [-0.15, -0.1) is 0 Å². The van der Waals surface area contributed by atoms with Gasteiger partial charge in [0.15, 0.2) is 6.54 Å². The molecule has 0 aromatic heterocycles. The van der Waals surface area contributed by atoms with Crippen molar-refractivity contribution in [3.8, 4) is 0 Å². The van der Waals surface area contributed by atoms with Gasteiger partial charge in [-0.1, -0.05) is 6.58 Å². The van der Waals surface area contributed by atoms with E-state index < -0.39 is 5.97 Å². The van der Waals surface area contributed by atoms with Gasteiger partial charge in [0.1, 0.15) is 13.2 Å². The molecule has 0 radical (unpaired) electrons. The van der Waals surface area contributed by atoms with Crippen LogP contribution in [0, 0.1) is 0 Å². The summed E-state index contributed by atoms with van der Waals surface area (Å²) >= 11 is 0. The molecule has 0 unspecified atom stereocenters. The molecule has 0 bridgehead atoms.